The van der Waals surface area contributed by atoms with Gasteiger partial charge in [-0.2, -0.15) is 0 Å². The van der Waals surface area contributed by atoms with Gasteiger partial charge >= 0.3 is 0 Å². The zero-order valence-corrected chi connectivity index (χ0v) is 17.1. The number of hydrogen-bond donors (Lipinski definition) is 3. The maximum Gasteiger partial charge on any atom is 0.258 e. The van der Waals surface area contributed by atoms with E-state index in [9.17, 15) is 9.90 Å². The second-order valence-corrected chi connectivity index (χ2v) is 7.83. The number of rotatable bonds is 3. The Morgan fingerprint density at radius 1 is 1.27 bits per heavy atom. The summed E-state index contributed by atoms with van der Waals surface area (Å²) < 4.78 is 4.15. The van der Waals surface area contributed by atoms with E-state index in [2.05, 4.69) is 27.1 Å². The maximum atomic E-state index is 13.1. The van der Waals surface area contributed by atoms with Crippen LogP contribution in [-0.4, -0.2) is 31.7 Å². The number of benzene rings is 2. The summed E-state index contributed by atoms with van der Waals surface area (Å²) in [7, 11) is 0. The fraction of sp³-hybridized carbons (Fsp3) is 0.304. The summed E-state index contributed by atoms with van der Waals surface area (Å²) in [5, 5.41) is 17.8. The number of carbonyl (C=O) groups is 1. The zero-order valence-electron chi connectivity index (χ0n) is 17.1. The summed E-state index contributed by atoms with van der Waals surface area (Å²) >= 11 is 0. The Bertz CT molecular complexity index is 1270. The SMILES string of the molecule is CCn1c(NC(=O)c2ccc3c(O)c4n(c3c2)C(C)CCNC4)nc2ccccc21. The average molecular weight is 403 g/mol. The molecule has 7 heteroatoms. The molecule has 3 N–H and O–H groups in total. The molecule has 2 aromatic carbocycles. The largest absolute Gasteiger partial charge is 0.505 e. The first-order chi connectivity index (χ1) is 14.6. The molecular weight excluding hydrogens is 378 g/mol. The number of carbonyl (C=O) groups excluding carboxylic acids is 1. The van der Waals surface area contributed by atoms with Crippen molar-refractivity contribution in [3.8, 4) is 5.75 Å². The highest BCUT2D eigenvalue weighted by molar-refractivity contribution is 6.06. The standard InChI is InChI=1S/C23H25N5O2/c1-3-27-18-7-5-4-6-17(18)25-23(27)26-22(30)15-8-9-16-19(12-15)28-14(2)10-11-24-13-20(28)21(16)29/h4-9,12,14,24,29H,3,10-11,13H2,1-2H3,(H,25,26,30). The van der Waals surface area contributed by atoms with Gasteiger partial charge in [-0.1, -0.05) is 12.1 Å². The molecule has 0 radical (unpaired) electrons. The predicted octanol–water partition coefficient (Wildman–Crippen LogP) is 4.02. The minimum Gasteiger partial charge on any atom is -0.505 e. The Morgan fingerprint density at radius 3 is 2.93 bits per heavy atom. The molecule has 0 saturated heterocycles. The summed E-state index contributed by atoms with van der Waals surface area (Å²) in [5.41, 5.74) is 4.15. The topological polar surface area (TPSA) is 84.1 Å². The van der Waals surface area contributed by atoms with E-state index in [1.165, 1.54) is 0 Å². The normalized spacial score (nSPS) is 16.5. The van der Waals surface area contributed by atoms with Crippen LogP contribution in [0.1, 0.15) is 42.4 Å². The lowest BCUT2D eigenvalue weighted by atomic mass is 10.1. The first kappa shape index (κ1) is 18.7. The van der Waals surface area contributed by atoms with Crippen molar-refractivity contribution in [2.45, 2.75) is 39.4 Å². The van der Waals surface area contributed by atoms with Crippen molar-refractivity contribution in [3.63, 3.8) is 0 Å². The molecule has 3 heterocycles. The molecule has 2 aromatic heterocycles. The van der Waals surface area contributed by atoms with E-state index >= 15 is 0 Å². The van der Waals surface area contributed by atoms with Crippen LogP contribution in [0.5, 0.6) is 5.75 Å². The third kappa shape index (κ3) is 2.85. The third-order valence-corrected chi connectivity index (χ3v) is 6.01. The van der Waals surface area contributed by atoms with Crippen molar-refractivity contribution in [2.24, 2.45) is 0 Å². The first-order valence-corrected chi connectivity index (χ1v) is 10.4. The molecule has 4 aromatic rings. The maximum absolute atomic E-state index is 13.1. The monoisotopic (exact) mass is 403 g/mol. The Balaban J connectivity index is 1.55. The quantitative estimate of drug-likeness (QED) is 0.482. The van der Waals surface area contributed by atoms with Gasteiger partial charge in [0.1, 0.15) is 5.75 Å². The molecule has 1 aliphatic rings. The van der Waals surface area contributed by atoms with Gasteiger partial charge in [0.2, 0.25) is 5.95 Å². The molecule has 1 aliphatic heterocycles. The summed E-state index contributed by atoms with van der Waals surface area (Å²) in [6.07, 6.45) is 0.965. The molecule has 30 heavy (non-hydrogen) atoms. The van der Waals surface area contributed by atoms with Crippen molar-refractivity contribution >= 4 is 33.8 Å². The number of aryl methyl sites for hydroxylation is 1. The lowest BCUT2D eigenvalue weighted by Gasteiger charge is -2.15. The third-order valence-electron chi connectivity index (χ3n) is 6.01. The van der Waals surface area contributed by atoms with Crippen molar-refractivity contribution < 1.29 is 9.90 Å². The fourth-order valence-corrected chi connectivity index (χ4v) is 4.47. The van der Waals surface area contributed by atoms with E-state index < -0.39 is 0 Å². The highest BCUT2D eigenvalue weighted by atomic mass is 16.3. The highest BCUT2D eigenvalue weighted by Crippen LogP contribution is 2.37. The molecular formula is C23H25N5O2. The Kier molecular flexibility index (Phi) is 4.47. The molecule has 0 fully saturated rings. The van der Waals surface area contributed by atoms with Crippen LogP contribution in [0.3, 0.4) is 0 Å². The Hall–Kier alpha value is -3.32. The number of fused-ring (bicyclic) bond motifs is 4. The van der Waals surface area contributed by atoms with E-state index in [1.54, 1.807) is 6.07 Å². The summed E-state index contributed by atoms with van der Waals surface area (Å²) in [6.45, 7) is 6.40. The summed E-state index contributed by atoms with van der Waals surface area (Å²) in [6, 6.07) is 13.5. The van der Waals surface area contributed by atoms with E-state index in [0.29, 0.717) is 30.4 Å². The van der Waals surface area contributed by atoms with Crippen LogP contribution >= 0.6 is 0 Å². The van der Waals surface area contributed by atoms with Gasteiger partial charge in [0.15, 0.2) is 0 Å². The van der Waals surface area contributed by atoms with Gasteiger partial charge in [0.05, 0.1) is 22.2 Å². The smallest absolute Gasteiger partial charge is 0.258 e. The van der Waals surface area contributed by atoms with Gasteiger partial charge in [-0.25, -0.2) is 4.98 Å². The minimum absolute atomic E-state index is 0.212. The van der Waals surface area contributed by atoms with Gasteiger partial charge in [0, 0.05) is 30.1 Å². The van der Waals surface area contributed by atoms with Crippen molar-refractivity contribution in [1.82, 2.24) is 19.4 Å². The second kappa shape index (κ2) is 7.18. The molecule has 5 rings (SSSR count). The zero-order chi connectivity index (χ0) is 20.8. The molecule has 0 bridgehead atoms. The van der Waals surface area contributed by atoms with E-state index in [4.69, 9.17) is 0 Å². The van der Waals surface area contributed by atoms with Crippen LogP contribution in [0.25, 0.3) is 21.9 Å². The molecule has 7 nitrogen and oxygen atoms in total. The average Bonchev–Trinajstić information content (AvgIpc) is 3.16. The van der Waals surface area contributed by atoms with Crippen molar-refractivity contribution in [2.75, 3.05) is 11.9 Å². The molecule has 1 unspecified atom stereocenters. The van der Waals surface area contributed by atoms with Gasteiger partial charge in [0.25, 0.3) is 5.91 Å². The number of nitrogens with zero attached hydrogens (tertiary/aromatic N) is 3. The number of aromatic nitrogens is 3. The van der Waals surface area contributed by atoms with Crippen LogP contribution in [0, 0.1) is 0 Å². The van der Waals surface area contributed by atoms with E-state index in [1.807, 2.05) is 47.9 Å². The number of hydrogen-bond acceptors (Lipinski definition) is 4. The second-order valence-electron chi connectivity index (χ2n) is 7.83. The number of anilines is 1. The van der Waals surface area contributed by atoms with Crippen molar-refractivity contribution in [1.29, 1.82) is 0 Å². The number of para-hydroxylation sites is 2. The molecule has 1 atom stereocenters. The van der Waals surface area contributed by atoms with Crippen LogP contribution in [0.4, 0.5) is 5.95 Å². The van der Waals surface area contributed by atoms with Gasteiger partial charge in [-0.05, 0) is 57.1 Å². The van der Waals surface area contributed by atoms with E-state index in [-0.39, 0.29) is 11.9 Å². The minimum atomic E-state index is -0.212. The predicted molar refractivity (Wildman–Crippen MR) is 118 cm³/mol. The first-order valence-electron chi connectivity index (χ1n) is 10.4. The number of amides is 1. The Labute approximate surface area is 174 Å². The highest BCUT2D eigenvalue weighted by Gasteiger charge is 2.23. The Morgan fingerprint density at radius 2 is 2.10 bits per heavy atom. The van der Waals surface area contributed by atoms with E-state index in [0.717, 1.165) is 40.6 Å². The molecule has 0 saturated carbocycles. The number of imidazole rings is 1. The molecule has 1 amide bonds. The summed E-state index contributed by atoms with van der Waals surface area (Å²) in [4.78, 5) is 17.7. The lowest BCUT2D eigenvalue weighted by Crippen LogP contribution is -2.16. The molecule has 0 aliphatic carbocycles. The van der Waals surface area contributed by atoms with Crippen LogP contribution < -0.4 is 10.6 Å². The molecule has 154 valence electrons. The van der Waals surface area contributed by atoms with Crippen LogP contribution in [0.2, 0.25) is 0 Å². The van der Waals surface area contributed by atoms with Crippen LogP contribution in [-0.2, 0) is 13.1 Å². The summed E-state index contributed by atoms with van der Waals surface area (Å²) in [5.74, 6) is 0.625. The molecule has 0 spiro atoms. The van der Waals surface area contributed by atoms with Crippen molar-refractivity contribution in [3.05, 3.63) is 53.7 Å². The van der Waals surface area contributed by atoms with Gasteiger partial charge in [-0.15, -0.1) is 0 Å². The van der Waals surface area contributed by atoms with Gasteiger partial charge in [-0.3, -0.25) is 10.1 Å². The van der Waals surface area contributed by atoms with Crippen LogP contribution in [0.15, 0.2) is 42.5 Å². The fourth-order valence-electron chi connectivity index (χ4n) is 4.47. The lowest BCUT2D eigenvalue weighted by molar-refractivity contribution is 0.102. The number of nitrogens with one attached hydrogen (secondary N) is 2. The number of aromatic hydroxyl groups is 1. The van der Waals surface area contributed by atoms with Gasteiger partial charge < -0.3 is 19.6 Å².